The number of anilines is 1. The number of aliphatic hydroxyl groups excluding tert-OH is 1. The second-order valence-corrected chi connectivity index (χ2v) is 7.86. The maximum absolute atomic E-state index is 12.4. The number of para-hydroxylation sites is 1. The minimum Gasteiger partial charge on any atom is -0.391 e. The molecule has 2 atom stereocenters. The highest BCUT2D eigenvalue weighted by Crippen LogP contribution is 2.27. The van der Waals surface area contributed by atoms with E-state index in [9.17, 15) is 13.5 Å². The highest BCUT2D eigenvalue weighted by atomic mass is 32.2. The largest absolute Gasteiger partial charge is 0.391 e. The molecule has 1 aliphatic carbocycles. The molecule has 0 bridgehead atoms. The van der Waals surface area contributed by atoms with Crippen molar-refractivity contribution < 1.29 is 13.5 Å². The summed E-state index contributed by atoms with van der Waals surface area (Å²) in [4.78, 5) is 0.256. The fraction of sp³-hybridized carbons (Fsp3) is 0.600. The van der Waals surface area contributed by atoms with Crippen LogP contribution in [0.3, 0.4) is 0 Å². The van der Waals surface area contributed by atoms with Crippen LogP contribution in [0, 0.1) is 0 Å². The molecular weight excluding hydrogens is 288 g/mol. The maximum atomic E-state index is 12.4. The van der Waals surface area contributed by atoms with Gasteiger partial charge < -0.3 is 10.4 Å². The third-order valence-electron chi connectivity index (χ3n) is 3.97. The van der Waals surface area contributed by atoms with Crippen LogP contribution >= 0.6 is 0 Å². The molecule has 0 heterocycles. The van der Waals surface area contributed by atoms with E-state index in [-0.39, 0.29) is 10.9 Å². The zero-order valence-corrected chi connectivity index (χ0v) is 13.4. The number of aliphatic hydroxyl groups is 1. The average Bonchev–Trinajstić information content (AvgIpc) is 2.64. The van der Waals surface area contributed by atoms with E-state index in [0.29, 0.717) is 5.69 Å². The monoisotopic (exact) mass is 312 g/mol. The zero-order chi connectivity index (χ0) is 15.5. The van der Waals surface area contributed by atoms with Gasteiger partial charge in [0.2, 0.25) is 10.0 Å². The SMILES string of the molecule is CN(C)S(=O)(=O)c1ccccc1NC1CCCCCC1O. The third kappa shape index (κ3) is 3.75. The molecule has 0 radical (unpaired) electrons. The van der Waals surface area contributed by atoms with Crippen LogP contribution in [0.2, 0.25) is 0 Å². The Hall–Kier alpha value is -1.11. The summed E-state index contributed by atoms with van der Waals surface area (Å²) in [5, 5.41) is 13.4. The average molecular weight is 312 g/mol. The van der Waals surface area contributed by atoms with Gasteiger partial charge in [0.25, 0.3) is 0 Å². The van der Waals surface area contributed by atoms with Crippen molar-refractivity contribution in [2.24, 2.45) is 0 Å². The Labute approximate surface area is 127 Å². The van der Waals surface area contributed by atoms with Gasteiger partial charge in [0, 0.05) is 14.1 Å². The van der Waals surface area contributed by atoms with Crippen LogP contribution in [0.15, 0.2) is 29.2 Å². The third-order valence-corrected chi connectivity index (χ3v) is 5.84. The normalized spacial score (nSPS) is 23.8. The molecule has 21 heavy (non-hydrogen) atoms. The predicted octanol–water partition coefficient (Wildman–Crippen LogP) is 2.04. The number of benzene rings is 1. The highest BCUT2D eigenvalue weighted by molar-refractivity contribution is 7.89. The van der Waals surface area contributed by atoms with Gasteiger partial charge in [-0.25, -0.2) is 12.7 Å². The Morgan fingerprint density at radius 1 is 1.14 bits per heavy atom. The first-order valence-corrected chi connectivity index (χ1v) is 8.83. The Bertz CT molecular complexity index is 572. The minimum absolute atomic E-state index is 0.0917. The van der Waals surface area contributed by atoms with E-state index in [2.05, 4.69) is 5.32 Å². The van der Waals surface area contributed by atoms with Crippen LogP contribution in [-0.2, 0) is 10.0 Å². The number of hydrogen-bond acceptors (Lipinski definition) is 4. The first kappa shape index (κ1) is 16.3. The Morgan fingerprint density at radius 2 is 1.81 bits per heavy atom. The van der Waals surface area contributed by atoms with Crippen molar-refractivity contribution in [3.8, 4) is 0 Å². The summed E-state index contributed by atoms with van der Waals surface area (Å²) in [5.41, 5.74) is 0.567. The molecule has 118 valence electrons. The number of nitrogens with zero attached hydrogens (tertiary/aromatic N) is 1. The molecule has 0 spiro atoms. The van der Waals surface area contributed by atoms with E-state index in [1.165, 1.54) is 18.4 Å². The van der Waals surface area contributed by atoms with Crippen LogP contribution < -0.4 is 5.32 Å². The topological polar surface area (TPSA) is 69.6 Å². The van der Waals surface area contributed by atoms with Crippen molar-refractivity contribution in [1.29, 1.82) is 0 Å². The molecule has 0 aliphatic heterocycles. The molecule has 1 aromatic rings. The smallest absolute Gasteiger partial charge is 0.244 e. The maximum Gasteiger partial charge on any atom is 0.244 e. The van der Waals surface area contributed by atoms with Crippen LogP contribution in [-0.4, -0.2) is 44.1 Å². The van der Waals surface area contributed by atoms with Gasteiger partial charge in [-0.2, -0.15) is 0 Å². The van der Waals surface area contributed by atoms with Crippen LogP contribution in [0.5, 0.6) is 0 Å². The van der Waals surface area contributed by atoms with Crippen LogP contribution in [0.4, 0.5) is 5.69 Å². The molecule has 1 aromatic carbocycles. The number of nitrogens with one attached hydrogen (secondary N) is 1. The molecular formula is C15H24N2O3S. The number of rotatable bonds is 4. The van der Waals surface area contributed by atoms with Gasteiger partial charge in [-0.15, -0.1) is 0 Å². The zero-order valence-electron chi connectivity index (χ0n) is 12.6. The van der Waals surface area contributed by atoms with Crippen molar-refractivity contribution in [2.45, 2.75) is 49.1 Å². The molecule has 2 rings (SSSR count). The van der Waals surface area contributed by atoms with Crippen molar-refractivity contribution in [1.82, 2.24) is 4.31 Å². The van der Waals surface area contributed by atoms with E-state index < -0.39 is 16.1 Å². The number of hydrogen-bond donors (Lipinski definition) is 2. The van der Waals surface area contributed by atoms with Crippen molar-refractivity contribution in [3.05, 3.63) is 24.3 Å². The molecule has 2 N–H and O–H groups in total. The second kappa shape index (κ2) is 6.77. The van der Waals surface area contributed by atoms with E-state index in [4.69, 9.17) is 0 Å². The van der Waals surface area contributed by atoms with Gasteiger partial charge in [-0.1, -0.05) is 31.4 Å². The van der Waals surface area contributed by atoms with Crippen LogP contribution in [0.1, 0.15) is 32.1 Å². The molecule has 1 fully saturated rings. The highest BCUT2D eigenvalue weighted by Gasteiger charge is 2.25. The van der Waals surface area contributed by atoms with E-state index in [0.717, 1.165) is 32.1 Å². The second-order valence-electron chi connectivity index (χ2n) is 5.74. The summed E-state index contributed by atoms with van der Waals surface area (Å²) < 4.78 is 25.9. The lowest BCUT2D eigenvalue weighted by Gasteiger charge is -2.25. The van der Waals surface area contributed by atoms with Gasteiger partial charge in [0.1, 0.15) is 4.90 Å². The fourth-order valence-electron chi connectivity index (χ4n) is 2.66. The number of sulfonamides is 1. The minimum atomic E-state index is -3.50. The Balaban J connectivity index is 2.28. The summed E-state index contributed by atoms with van der Waals surface area (Å²) in [6.07, 6.45) is 4.39. The lowest BCUT2D eigenvalue weighted by atomic mass is 10.1. The summed E-state index contributed by atoms with van der Waals surface area (Å²) in [6, 6.07) is 6.78. The molecule has 2 unspecified atom stereocenters. The summed E-state index contributed by atoms with van der Waals surface area (Å²) >= 11 is 0. The van der Waals surface area contributed by atoms with Crippen molar-refractivity contribution in [2.75, 3.05) is 19.4 Å². The molecule has 0 aromatic heterocycles. The molecule has 6 heteroatoms. The Kier molecular flexibility index (Phi) is 5.24. The quantitative estimate of drug-likeness (QED) is 0.835. The van der Waals surface area contributed by atoms with E-state index >= 15 is 0 Å². The molecule has 1 saturated carbocycles. The van der Waals surface area contributed by atoms with E-state index in [1.807, 2.05) is 0 Å². The van der Waals surface area contributed by atoms with Gasteiger partial charge >= 0.3 is 0 Å². The lowest BCUT2D eigenvalue weighted by molar-refractivity contribution is 0.144. The summed E-state index contributed by atoms with van der Waals surface area (Å²) in [6.45, 7) is 0. The Morgan fingerprint density at radius 3 is 2.52 bits per heavy atom. The first-order valence-electron chi connectivity index (χ1n) is 7.39. The van der Waals surface area contributed by atoms with Gasteiger partial charge in [-0.3, -0.25) is 0 Å². The van der Waals surface area contributed by atoms with Gasteiger partial charge in [0.15, 0.2) is 0 Å². The molecule has 1 aliphatic rings. The molecule has 0 amide bonds. The van der Waals surface area contributed by atoms with Crippen molar-refractivity contribution >= 4 is 15.7 Å². The predicted molar refractivity (Wildman–Crippen MR) is 83.8 cm³/mol. The van der Waals surface area contributed by atoms with Crippen molar-refractivity contribution in [3.63, 3.8) is 0 Å². The van der Waals surface area contributed by atoms with E-state index in [1.54, 1.807) is 24.3 Å². The first-order chi connectivity index (χ1) is 9.93. The summed E-state index contributed by atoms with van der Waals surface area (Å²) in [5.74, 6) is 0. The fourth-order valence-corrected chi connectivity index (χ4v) is 3.71. The standard InChI is InChI=1S/C15H24N2O3S/c1-17(2)21(19,20)15-11-7-6-9-13(15)16-12-8-4-3-5-10-14(12)18/h6-7,9,11-12,14,16,18H,3-5,8,10H2,1-2H3. The molecule has 5 nitrogen and oxygen atoms in total. The molecule has 0 saturated heterocycles. The van der Waals surface area contributed by atoms with Gasteiger partial charge in [0.05, 0.1) is 17.8 Å². The van der Waals surface area contributed by atoms with Gasteiger partial charge in [-0.05, 0) is 25.0 Å². The summed E-state index contributed by atoms with van der Waals surface area (Å²) in [7, 11) is -0.455. The lowest BCUT2D eigenvalue weighted by Crippen LogP contribution is -2.33. The van der Waals surface area contributed by atoms with Crippen LogP contribution in [0.25, 0.3) is 0 Å².